The number of hydrogen-bond acceptors (Lipinski definition) is 2. The Balaban J connectivity index is 1.97. The van der Waals surface area contributed by atoms with Crippen LogP contribution in [0.3, 0.4) is 0 Å². The highest BCUT2D eigenvalue weighted by molar-refractivity contribution is 5.91. The normalized spacial score (nSPS) is 21.6. The summed E-state index contributed by atoms with van der Waals surface area (Å²) in [5, 5.41) is 5.86. The fourth-order valence-electron chi connectivity index (χ4n) is 2.84. The standard InChI is InChI=1S/C16H23N3O2/c1-11-6-2-4-8-13(11)18-16(21)19-14-9-5-3-7-12(14)10-15(17)20/h3,5,7,9,11,13H,2,4,6,8,10H2,1H3,(H2,17,20)(H2,18,19,21)/t11-,13-/m1/s1. The molecule has 0 aromatic heterocycles. The zero-order chi connectivity index (χ0) is 15.2. The molecule has 5 heteroatoms. The van der Waals surface area contributed by atoms with Crippen LogP contribution in [0.15, 0.2) is 24.3 Å². The lowest BCUT2D eigenvalue weighted by molar-refractivity contribution is -0.117. The molecule has 114 valence electrons. The molecular weight excluding hydrogens is 266 g/mol. The van der Waals surface area contributed by atoms with E-state index in [2.05, 4.69) is 17.6 Å². The van der Waals surface area contributed by atoms with Crippen LogP contribution in [0.25, 0.3) is 0 Å². The van der Waals surface area contributed by atoms with Crippen molar-refractivity contribution in [3.8, 4) is 0 Å². The van der Waals surface area contributed by atoms with Crippen molar-refractivity contribution in [2.24, 2.45) is 11.7 Å². The Morgan fingerprint density at radius 2 is 1.95 bits per heavy atom. The van der Waals surface area contributed by atoms with Gasteiger partial charge in [-0.05, 0) is 30.4 Å². The van der Waals surface area contributed by atoms with Gasteiger partial charge in [-0.25, -0.2) is 4.79 Å². The molecule has 1 aromatic carbocycles. The monoisotopic (exact) mass is 289 g/mol. The average Bonchev–Trinajstić information content (AvgIpc) is 2.43. The predicted molar refractivity (Wildman–Crippen MR) is 82.9 cm³/mol. The lowest BCUT2D eigenvalue weighted by Crippen LogP contribution is -2.43. The summed E-state index contributed by atoms with van der Waals surface area (Å²) in [6, 6.07) is 7.23. The first kappa shape index (κ1) is 15.4. The second-order valence-corrected chi connectivity index (χ2v) is 5.77. The molecule has 4 N–H and O–H groups in total. The van der Waals surface area contributed by atoms with E-state index >= 15 is 0 Å². The third-order valence-electron chi connectivity index (χ3n) is 4.06. The fraction of sp³-hybridized carbons (Fsp3) is 0.500. The number of para-hydroxylation sites is 1. The third kappa shape index (κ3) is 4.48. The molecule has 0 heterocycles. The van der Waals surface area contributed by atoms with Crippen molar-refractivity contribution in [2.75, 3.05) is 5.32 Å². The Hall–Kier alpha value is -2.04. The van der Waals surface area contributed by atoms with Gasteiger partial charge in [0.05, 0.1) is 6.42 Å². The van der Waals surface area contributed by atoms with Gasteiger partial charge in [-0.3, -0.25) is 4.79 Å². The molecule has 0 aliphatic heterocycles. The molecule has 2 rings (SSSR count). The van der Waals surface area contributed by atoms with Gasteiger partial charge >= 0.3 is 6.03 Å². The summed E-state index contributed by atoms with van der Waals surface area (Å²) in [5.41, 5.74) is 6.59. The van der Waals surface area contributed by atoms with Crippen LogP contribution in [-0.4, -0.2) is 18.0 Å². The van der Waals surface area contributed by atoms with Crippen LogP contribution < -0.4 is 16.4 Å². The van der Waals surface area contributed by atoms with E-state index in [4.69, 9.17) is 5.73 Å². The summed E-state index contributed by atoms with van der Waals surface area (Å²) in [4.78, 5) is 23.2. The van der Waals surface area contributed by atoms with Gasteiger partial charge in [-0.1, -0.05) is 38.0 Å². The molecule has 1 aliphatic carbocycles. The molecule has 0 saturated heterocycles. The minimum absolute atomic E-state index is 0.121. The van der Waals surface area contributed by atoms with Crippen molar-refractivity contribution in [2.45, 2.75) is 45.1 Å². The highest BCUT2D eigenvalue weighted by atomic mass is 16.2. The maximum Gasteiger partial charge on any atom is 0.319 e. The van der Waals surface area contributed by atoms with Crippen molar-refractivity contribution in [3.05, 3.63) is 29.8 Å². The van der Waals surface area contributed by atoms with Crippen LogP contribution in [-0.2, 0) is 11.2 Å². The van der Waals surface area contributed by atoms with Crippen molar-refractivity contribution >= 4 is 17.6 Å². The molecule has 2 atom stereocenters. The maximum atomic E-state index is 12.1. The fourth-order valence-corrected chi connectivity index (χ4v) is 2.84. The molecule has 1 fully saturated rings. The highest BCUT2D eigenvalue weighted by Crippen LogP contribution is 2.24. The molecule has 0 bridgehead atoms. The van der Waals surface area contributed by atoms with E-state index < -0.39 is 5.91 Å². The quantitative estimate of drug-likeness (QED) is 0.795. The molecule has 0 spiro atoms. The zero-order valence-corrected chi connectivity index (χ0v) is 12.4. The molecule has 0 radical (unpaired) electrons. The van der Waals surface area contributed by atoms with Crippen molar-refractivity contribution in [3.63, 3.8) is 0 Å². The Morgan fingerprint density at radius 1 is 1.24 bits per heavy atom. The number of carbonyl (C=O) groups excluding carboxylic acids is 2. The first-order valence-electron chi connectivity index (χ1n) is 7.50. The lowest BCUT2D eigenvalue weighted by Gasteiger charge is -2.29. The zero-order valence-electron chi connectivity index (χ0n) is 12.4. The van der Waals surface area contributed by atoms with E-state index in [0.717, 1.165) is 24.8 Å². The molecule has 21 heavy (non-hydrogen) atoms. The van der Waals surface area contributed by atoms with Gasteiger partial charge in [-0.15, -0.1) is 0 Å². The number of nitrogens with one attached hydrogen (secondary N) is 2. The second-order valence-electron chi connectivity index (χ2n) is 5.77. The Morgan fingerprint density at radius 3 is 2.67 bits per heavy atom. The number of carbonyl (C=O) groups is 2. The Bertz CT molecular complexity index is 516. The number of benzene rings is 1. The van der Waals surface area contributed by atoms with E-state index in [1.54, 1.807) is 12.1 Å². The molecule has 5 nitrogen and oxygen atoms in total. The van der Waals surface area contributed by atoms with Gasteiger partial charge in [0.1, 0.15) is 0 Å². The van der Waals surface area contributed by atoms with Gasteiger partial charge in [-0.2, -0.15) is 0 Å². The smallest absolute Gasteiger partial charge is 0.319 e. The SMILES string of the molecule is C[C@@H]1CCCC[C@H]1NC(=O)Nc1ccccc1CC(N)=O. The summed E-state index contributed by atoms with van der Waals surface area (Å²) in [6.45, 7) is 2.17. The van der Waals surface area contributed by atoms with E-state index in [1.165, 1.54) is 6.42 Å². The minimum Gasteiger partial charge on any atom is -0.369 e. The number of primary amides is 1. The lowest BCUT2D eigenvalue weighted by atomic mass is 9.86. The van der Waals surface area contributed by atoms with Crippen LogP contribution in [0.1, 0.15) is 38.2 Å². The first-order chi connectivity index (χ1) is 10.1. The average molecular weight is 289 g/mol. The van der Waals surface area contributed by atoms with Gasteiger partial charge in [0.15, 0.2) is 0 Å². The summed E-state index contributed by atoms with van der Waals surface area (Å²) >= 11 is 0. The molecule has 1 aliphatic rings. The number of hydrogen-bond donors (Lipinski definition) is 3. The minimum atomic E-state index is -0.412. The van der Waals surface area contributed by atoms with Crippen LogP contribution >= 0.6 is 0 Å². The molecule has 1 aromatic rings. The third-order valence-corrected chi connectivity index (χ3v) is 4.06. The second kappa shape index (κ2) is 7.11. The molecule has 3 amide bonds. The summed E-state index contributed by atoms with van der Waals surface area (Å²) in [6.07, 6.45) is 4.70. The maximum absolute atomic E-state index is 12.1. The topological polar surface area (TPSA) is 84.2 Å². The molecule has 1 saturated carbocycles. The number of anilines is 1. The van der Waals surface area contributed by atoms with Crippen molar-refractivity contribution in [1.29, 1.82) is 0 Å². The van der Waals surface area contributed by atoms with E-state index in [9.17, 15) is 9.59 Å². The summed E-state index contributed by atoms with van der Waals surface area (Å²) in [5.74, 6) is 0.0934. The van der Waals surface area contributed by atoms with Crippen LogP contribution in [0.2, 0.25) is 0 Å². The number of amides is 3. The summed E-state index contributed by atoms with van der Waals surface area (Å²) in [7, 11) is 0. The Labute approximate surface area is 125 Å². The number of urea groups is 1. The first-order valence-corrected chi connectivity index (χ1v) is 7.50. The summed E-state index contributed by atoms with van der Waals surface area (Å²) < 4.78 is 0. The van der Waals surface area contributed by atoms with Gasteiger partial charge in [0.25, 0.3) is 0 Å². The number of nitrogens with two attached hydrogens (primary N) is 1. The van der Waals surface area contributed by atoms with Gasteiger partial charge in [0, 0.05) is 11.7 Å². The van der Waals surface area contributed by atoms with E-state index in [0.29, 0.717) is 11.6 Å². The van der Waals surface area contributed by atoms with Crippen LogP contribution in [0, 0.1) is 5.92 Å². The van der Waals surface area contributed by atoms with Gasteiger partial charge in [0.2, 0.25) is 5.91 Å². The van der Waals surface area contributed by atoms with Gasteiger partial charge < -0.3 is 16.4 Å². The van der Waals surface area contributed by atoms with Crippen molar-refractivity contribution in [1.82, 2.24) is 5.32 Å². The molecular formula is C16H23N3O2. The number of rotatable bonds is 4. The largest absolute Gasteiger partial charge is 0.369 e. The van der Waals surface area contributed by atoms with Crippen molar-refractivity contribution < 1.29 is 9.59 Å². The van der Waals surface area contributed by atoms with Crippen LogP contribution in [0.4, 0.5) is 10.5 Å². The van der Waals surface area contributed by atoms with Crippen LogP contribution in [0.5, 0.6) is 0 Å². The molecule has 0 unspecified atom stereocenters. The Kier molecular flexibility index (Phi) is 5.20. The van der Waals surface area contributed by atoms with E-state index in [-0.39, 0.29) is 18.5 Å². The highest BCUT2D eigenvalue weighted by Gasteiger charge is 2.22. The predicted octanol–water partition coefficient (Wildman–Crippen LogP) is 2.41. The van der Waals surface area contributed by atoms with E-state index in [1.807, 2.05) is 12.1 Å².